The Labute approximate surface area is 80.3 Å². The SMILES string of the molecule is CCC(CCN)N(CCO)CCO. The van der Waals surface area contributed by atoms with E-state index in [1.165, 1.54) is 0 Å². The van der Waals surface area contributed by atoms with Crippen molar-refractivity contribution in [1.82, 2.24) is 4.90 Å². The Kier molecular flexibility index (Phi) is 8.33. The van der Waals surface area contributed by atoms with Crippen LogP contribution in [0.4, 0.5) is 0 Å². The average Bonchev–Trinajstić information content (AvgIpc) is 2.14. The molecule has 0 aliphatic carbocycles. The van der Waals surface area contributed by atoms with Gasteiger partial charge in [0.25, 0.3) is 0 Å². The lowest BCUT2D eigenvalue weighted by Gasteiger charge is -2.29. The molecule has 0 saturated heterocycles. The summed E-state index contributed by atoms with van der Waals surface area (Å²) in [4.78, 5) is 2.09. The lowest BCUT2D eigenvalue weighted by Crippen LogP contribution is -2.40. The third-order valence-corrected chi connectivity index (χ3v) is 2.26. The number of aliphatic hydroxyl groups excluding tert-OH is 2. The Hall–Kier alpha value is -0.160. The molecule has 4 nitrogen and oxygen atoms in total. The van der Waals surface area contributed by atoms with Gasteiger partial charge in [0.05, 0.1) is 13.2 Å². The van der Waals surface area contributed by atoms with Gasteiger partial charge >= 0.3 is 0 Å². The summed E-state index contributed by atoms with van der Waals surface area (Å²) in [6, 6.07) is 0.393. The average molecular weight is 190 g/mol. The summed E-state index contributed by atoms with van der Waals surface area (Å²) in [5.41, 5.74) is 5.48. The lowest BCUT2D eigenvalue weighted by molar-refractivity contribution is 0.115. The standard InChI is InChI=1S/C9H22N2O2/c1-2-9(3-4-10)11(5-7-12)6-8-13/h9,12-13H,2-8,10H2,1H3. The Morgan fingerprint density at radius 2 is 1.77 bits per heavy atom. The largest absolute Gasteiger partial charge is 0.395 e. The van der Waals surface area contributed by atoms with E-state index in [-0.39, 0.29) is 13.2 Å². The quantitative estimate of drug-likeness (QED) is 0.478. The van der Waals surface area contributed by atoms with Crippen molar-refractivity contribution < 1.29 is 10.2 Å². The maximum absolute atomic E-state index is 8.82. The van der Waals surface area contributed by atoms with E-state index in [1.54, 1.807) is 0 Å². The van der Waals surface area contributed by atoms with Crippen LogP contribution in [0.1, 0.15) is 19.8 Å². The molecule has 80 valence electrons. The summed E-state index contributed by atoms with van der Waals surface area (Å²) >= 11 is 0. The first-order chi connectivity index (χ1) is 6.29. The van der Waals surface area contributed by atoms with E-state index < -0.39 is 0 Å². The van der Waals surface area contributed by atoms with Crippen molar-refractivity contribution in [2.24, 2.45) is 5.73 Å². The van der Waals surface area contributed by atoms with Gasteiger partial charge in [-0.25, -0.2) is 0 Å². The molecule has 4 N–H and O–H groups in total. The van der Waals surface area contributed by atoms with E-state index in [2.05, 4.69) is 11.8 Å². The molecular weight excluding hydrogens is 168 g/mol. The molecule has 0 aromatic rings. The van der Waals surface area contributed by atoms with Crippen molar-refractivity contribution in [3.63, 3.8) is 0 Å². The minimum absolute atomic E-state index is 0.140. The zero-order valence-corrected chi connectivity index (χ0v) is 8.45. The fourth-order valence-corrected chi connectivity index (χ4v) is 1.57. The van der Waals surface area contributed by atoms with E-state index in [0.717, 1.165) is 12.8 Å². The van der Waals surface area contributed by atoms with E-state index >= 15 is 0 Å². The zero-order valence-electron chi connectivity index (χ0n) is 8.45. The molecule has 0 spiro atoms. The molecule has 13 heavy (non-hydrogen) atoms. The predicted octanol–water partition coefficient (Wildman–Crippen LogP) is -0.600. The van der Waals surface area contributed by atoms with Gasteiger partial charge in [0.2, 0.25) is 0 Å². The molecule has 0 aromatic heterocycles. The maximum Gasteiger partial charge on any atom is 0.0558 e. The van der Waals surface area contributed by atoms with Gasteiger partial charge in [0, 0.05) is 19.1 Å². The number of hydrogen-bond acceptors (Lipinski definition) is 4. The maximum atomic E-state index is 8.82. The molecule has 0 rings (SSSR count). The summed E-state index contributed by atoms with van der Waals surface area (Å²) in [5.74, 6) is 0. The van der Waals surface area contributed by atoms with E-state index in [1.807, 2.05) is 0 Å². The van der Waals surface area contributed by atoms with Crippen molar-refractivity contribution in [2.75, 3.05) is 32.8 Å². The third-order valence-electron chi connectivity index (χ3n) is 2.26. The minimum atomic E-state index is 0.140. The van der Waals surface area contributed by atoms with Crippen LogP contribution in [0.25, 0.3) is 0 Å². The van der Waals surface area contributed by atoms with Crippen LogP contribution < -0.4 is 5.73 Å². The lowest BCUT2D eigenvalue weighted by atomic mass is 10.1. The first-order valence-corrected chi connectivity index (χ1v) is 4.95. The highest BCUT2D eigenvalue weighted by Crippen LogP contribution is 2.06. The monoisotopic (exact) mass is 190 g/mol. The topological polar surface area (TPSA) is 69.7 Å². The normalized spacial score (nSPS) is 13.6. The Balaban J connectivity index is 3.94. The molecule has 1 atom stereocenters. The van der Waals surface area contributed by atoms with E-state index in [9.17, 15) is 0 Å². The van der Waals surface area contributed by atoms with Crippen molar-refractivity contribution in [1.29, 1.82) is 0 Å². The van der Waals surface area contributed by atoms with Gasteiger partial charge < -0.3 is 15.9 Å². The first kappa shape index (κ1) is 12.8. The minimum Gasteiger partial charge on any atom is -0.395 e. The van der Waals surface area contributed by atoms with Crippen LogP contribution in [-0.4, -0.2) is 54.0 Å². The van der Waals surface area contributed by atoms with Crippen LogP contribution in [0.15, 0.2) is 0 Å². The van der Waals surface area contributed by atoms with Gasteiger partial charge in [0.1, 0.15) is 0 Å². The highest BCUT2D eigenvalue weighted by atomic mass is 16.3. The predicted molar refractivity (Wildman–Crippen MR) is 53.5 cm³/mol. The first-order valence-electron chi connectivity index (χ1n) is 4.95. The summed E-state index contributed by atoms with van der Waals surface area (Å²) in [6.45, 7) is 4.29. The number of rotatable bonds is 8. The smallest absolute Gasteiger partial charge is 0.0558 e. The number of nitrogens with zero attached hydrogens (tertiary/aromatic N) is 1. The molecule has 4 heteroatoms. The van der Waals surface area contributed by atoms with Crippen LogP contribution in [0.5, 0.6) is 0 Å². The molecule has 0 fully saturated rings. The van der Waals surface area contributed by atoms with Crippen LogP contribution in [0.2, 0.25) is 0 Å². The fourth-order valence-electron chi connectivity index (χ4n) is 1.57. The third kappa shape index (κ3) is 5.21. The van der Waals surface area contributed by atoms with Gasteiger partial charge in [-0.1, -0.05) is 6.92 Å². The van der Waals surface area contributed by atoms with Gasteiger partial charge in [-0.05, 0) is 19.4 Å². The number of nitrogens with two attached hydrogens (primary N) is 1. The molecule has 0 bridgehead atoms. The molecule has 0 saturated carbocycles. The second kappa shape index (κ2) is 8.44. The molecule has 0 radical (unpaired) electrons. The molecule has 0 aromatic carbocycles. The van der Waals surface area contributed by atoms with Crippen molar-refractivity contribution in [3.05, 3.63) is 0 Å². The molecular formula is C9H22N2O2. The molecule has 0 heterocycles. The number of aliphatic hydroxyl groups is 2. The van der Waals surface area contributed by atoms with Crippen molar-refractivity contribution >= 4 is 0 Å². The van der Waals surface area contributed by atoms with Crippen LogP contribution >= 0.6 is 0 Å². The van der Waals surface area contributed by atoms with E-state index in [4.69, 9.17) is 15.9 Å². The van der Waals surface area contributed by atoms with Crippen LogP contribution in [0.3, 0.4) is 0 Å². The highest BCUT2D eigenvalue weighted by molar-refractivity contribution is 4.70. The highest BCUT2D eigenvalue weighted by Gasteiger charge is 2.14. The van der Waals surface area contributed by atoms with Gasteiger partial charge in [-0.3, -0.25) is 4.90 Å². The summed E-state index contributed by atoms with van der Waals surface area (Å²) in [6.07, 6.45) is 1.94. The van der Waals surface area contributed by atoms with Crippen LogP contribution in [-0.2, 0) is 0 Å². The molecule has 0 aliphatic heterocycles. The van der Waals surface area contributed by atoms with Gasteiger partial charge in [0.15, 0.2) is 0 Å². The molecule has 0 amide bonds. The second-order valence-corrected chi connectivity index (χ2v) is 3.12. The van der Waals surface area contributed by atoms with Crippen molar-refractivity contribution in [3.8, 4) is 0 Å². The molecule has 1 unspecified atom stereocenters. The fraction of sp³-hybridized carbons (Fsp3) is 1.00. The Morgan fingerprint density at radius 1 is 1.23 bits per heavy atom. The Morgan fingerprint density at radius 3 is 2.08 bits per heavy atom. The van der Waals surface area contributed by atoms with Crippen molar-refractivity contribution in [2.45, 2.75) is 25.8 Å². The summed E-state index contributed by atoms with van der Waals surface area (Å²) < 4.78 is 0. The summed E-state index contributed by atoms with van der Waals surface area (Å²) in [5, 5.41) is 17.6. The van der Waals surface area contributed by atoms with E-state index in [0.29, 0.717) is 25.7 Å². The Bertz CT molecular complexity index is 106. The second-order valence-electron chi connectivity index (χ2n) is 3.12. The van der Waals surface area contributed by atoms with Gasteiger partial charge in [-0.2, -0.15) is 0 Å². The summed E-state index contributed by atoms with van der Waals surface area (Å²) in [7, 11) is 0. The van der Waals surface area contributed by atoms with Gasteiger partial charge in [-0.15, -0.1) is 0 Å². The molecule has 0 aliphatic rings. The van der Waals surface area contributed by atoms with Crippen LogP contribution in [0, 0.1) is 0 Å². The zero-order chi connectivity index (χ0) is 10.1. The number of hydrogen-bond donors (Lipinski definition) is 3.